The van der Waals surface area contributed by atoms with Crippen LogP contribution in [-0.4, -0.2) is 9.97 Å². The summed E-state index contributed by atoms with van der Waals surface area (Å²) in [6.07, 6.45) is -4.43. The highest BCUT2D eigenvalue weighted by atomic mass is 32.2. The largest absolute Gasteiger partial charge is 0.416 e. The summed E-state index contributed by atoms with van der Waals surface area (Å²) in [6, 6.07) is 1.79. The average Bonchev–Trinajstić information content (AvgIpc) is 2.61. The van der Waals surface area contributed by atoms with E-state index in [-0.39, 0.29) is 10.8 Å². The molecule has 2 rings (SSSR count). The number of aromatic nitrogens is 2. The third kappa shape index (κ3) is 3.14. The van der Waals surface area contributed by atoms with Gasteiger partial charge in [0.1, 0.15) is 10.8 Å². The highest BCUT2D eigenvalue weighted by molar-refractivity contribution is 8.01. The highest BCUT2D eigenvalue weighted by Crippen LogP contribution is 2.35. The molecular weight excluding hydrogens is 283 g/mol. The second-order valence-electron chi connectivity index (χ2n) is 3.47. The normalized spacial score (nSPS) is 11.8. The molecule has 0 atom stereocenters. The number of rotatable bonds is 2. The highest BCUT2D eigenvalue weighted by Gasteiger charge is 2.31. The van der Waals surface area contributed by atoms with Gasteiger partial charge >= 0.3 is 6.18 Å². The summed E-state index contributed by atoms with van der Waals surface area (Å²) in [5, 5.41) is 2.01. The van der Waals surface area contributed by atoms with Crippen molar-refractivity contribution in [3.63, 3.8) is 0 Å². The molecule has 2 aromatic heterocycles. The molecule has 2 aromatic rings. The smallest absolute Gasteiger partial charge is 0.384 e. The second kappa shape index (κ2) is 4.77. The SMILES string of the molecule is Cc1csc(Sc2cc(C(F)(F)F)cc(N)n2)n1. The third-order valence-electron chi connectivity index (χ3n) is 1.94. The van der Waals surface area contributed by atoms with Crippen molar-refractivity contribution in [1.82, 2.24) is 9.97 Å². The van der Waals surface area contributed by atoms with E-state index in [1.165, 1.54) is 11.3 Å². The van der Waals surface area contributed by atoms with Crippen LogP contribution in [0, 0.1) is 6.92 Å². The molecule has 3 nitrogen and oxygen atoms in total. The Kier molecular flexibility index (Phi) is 3.49. The minimum atomic E-state index is -4.43. The first-order valence-corrected chi connectivity index (χ1v) is 6.49. The van der Waals surface area contributed by atoms with E-state index >= 15 is 0 Å². The van der Waals surface area contributed by atoms with E-state index in [4.69, 9.17) is 5.73 Å². The van der Waals surface area contributed by atoms with Gasteiger partial charge in [-0.05, 0) is 30.8 Å². The van der Waals surface area contributed by atoms with Gasteiger partial charge in [-0.2, -0.15) is 13.2 Å². The van der Waals surface area contributed by atoms with Gasteiger partial charge < -0.3 is 5.73 Å². The zero-order chi connectivity index (χ0) is 13.3. The van der Waals surface area contributed by atoms with Crippen molar-refractivity contribution >= 4 is 28.9 Å². The lowest BCUT2D eigenvalue weighted by Gasteiger charge is -2.08. The van der Waals surface area contributed by atoms with Crippen LogP contribution < -0.4 is 5.73 Å². The van der Waals surface area contributed by atoms with Gasteiger partial charge in [0.05, 0.1) is 5.56 Å². The Balaban J connectivity index is 2.31. The number of nitrogen functional groups attached to an aromatic ring is 1. The molecule has 0 saturated carbocycles. The fourth-order valence-corrected chi connectivity index (χ4v) is 3.03. The number of hydrogen-bond donors (Lipinski definition) is 1. The molecule has 0 fully saturated rings. The third-order valence-corrected chi connectivity index (χ3v) is 3.91. The van der Waals surface area contributed by atoms with Crippen LogP contribution in [0.1, 0.15) is 11.3 Å². The lowest BCUT2D eigenvalue weighted by molar-refractivity contribution is -0.137. The van der Waals surface area contributed by atoms with E-state index < -0.39 is 11.7 Å². The molecule has 0 aromatic carbocycles. The van der Waals surface area contributed by atoms with Crippen LogP contribution >= 0.6 is 23.1 Å². The number of hydrogen-bond acceptors (Lipinski definition) is 5. The van der Waals surface area contributed by atoms with Crippen molar-refractivity contribution in [2.45, 2.75) is 22.5 Å². The molecular formula is C10H8F3N3S2. The van der Waals surface area contributed by atoms with Crippen molar-refractivity contribution in [2.75, 3.05) is 5.73 Å². The van der Waals surface area contributed by atoms with Crippen LogP contribution in [0.5, 0.6) is 0 Å². The quantitative estimate of drug-likeness (QED) is 0.918. The molecule has 0 saturated heterocycles. The monoisotopic (exact) mass is 291 g/mol. The predicted octanol–water partition coefficient (Wildman–Crippen LogP) is 3.60. The number of nitrogens with two attached hydrogens (primary N) is 1. The Labute approximate surface area is 109 Å². The molecule has 0 amide bonds. The first-order chi connectivity index (χ1) is 8.34. The molecule has 96 valence electrons. The van der Waals surface area contributed by atoms with E-state index in [9.17, 15) is 13.2 Å². The lowest BCUT2D eigenvalue weighted by Crippen LogP contribution is -2.07. The fourth-order valence-electron chi connectivity index (χ4n) is 1.21. The van der Waals surface area contributed by atoms with Gasteiger partial charge in [-0.3, -0.25) is 0 Å². The van der Waals surface area contributed by atoms with Gasteiger partial charge in [-0.1, -0.05) is 0 Å². The number of pyridine rings is 1. The van der Waals surface area contributed by atoms with E-state index in [1.54, 1.807) is 0 Å². The molecule has 8 heteroatoms. The number of anilines is 1. The summed E-state index contributed by atoms with van der Waals surface area (Å²) in [5.41, 5.74) is 5.40. The van der Waals surface area contributed by atoms with Gasteiger partial charge in [-0.25, -0.2) is 9.97 Å². The number of alkyl halides is 3. The van der Waals surface area contributed by atoms with Crippen molar-refractivity contribution in [3.05, 3.63) is 28.8 Å². The molecule has 0 spiro atoms. The molecule has 0 aliphatic heterocycles. The topological polar surface area (TPSA) is 51.8 Å². The van der Waals surface area contributed by atoms with Gasteiger partial charge in [-0.15, -0.1) is 11.3 Å². The first kappa shape index (κ1) is 13.2. The van der Waals surface area contributed by atoms with Crippen molar-refractivity contribution < 1.29 is 13.2 Å². The Morgan fingerprint density at radius 1 is 1.28 bits per heavy atom. The summed E-state index contributed by atoms with van der Waals surface area (Å²) in [6.45, 7) is 1.81. The number of halogens is 3. The Bertz CT molecular complexity index is 566. The number of aryl methyl sites for hydroxylation is 1. The molecule has 0 unspecified atom stereocenters. The summed E-state index contributed by atoms with van der Waals surface area (Å²) in [5.74, 6) is -0.152. The molecule has 2 heterocycles. The summed E-state index contributed by atoms with van der Waals surface area (Å²) in [7, 11) is 0. The summed E-state index contributed by atoms with van der Waals surface area (Å²) >= 11 is 2.42. The van der Waals surface area contributed by atoms with Crippen molar-refractivity contribution in [1.29, 1.82) is 0 Å². The second-order valence-corrected chi connectivity index (χ2v) is 5.60. The minimum absolute atomic E-state index is 0.152. The van der Waals surface area contributed by atoms with Crippen LogP contribution in [-0.2, 0) is 6.18 Å². The molecule has 0 aliphatic rings. The van der Waals surface area contributed by atoms with Crippen LogP contribution in [0.3, 0.4) is 0 Å². The maximum atomic E-state index is 12.6. The van der Waals surface area contributed by atoms with Crippen LogP contribution in [0.25, 0.3) is 0 Å². The maximum absolute atomic E-state index is 12.6. The lowest BCUT2D eigenvalue weighted by atomic mass is 10.2. The maximum Gasteiger partial charge on any atom is 0.416 e. The number of thiazole rings is 1. The van der Waals surface area contributed by atoms with Crippen LogP contribution in [0.15, 0.2) is 26.9 Å². The Morgan fingerprint density at radius 2 is 2.00 bits per heavy atom. The Hall–Kier alpha value is -1.28. The summed E-state index contributed by atoms with van der Waals surface area (Å²) in [4.78, 5) is 8.01. The van der Waals surface area contributed by atoms with Crippen LogP contribution in [0.4, 0.5) is 19.0 Å². The standard InChI is InChI=1S/C10H8F3N3S2/c1-5-4-17-9(15-5)18-8-3-6(10(11,12)13)2-7(14)16-8/h2-4H,1H3,(H2,14,16). The zero-order valence-electron chi connectivity index (χ0n) is 9.15. The summed E-state index contributed by atoms with van der Waals surface area (Å²) < 4.78 is 38.4. The van der Waals surface area contributed by atoms with Gasteiger partial charge in [0.2, 0.25) is 0 Å². The van der Waals surface area contributed by atoms with Gasteiger partial charge in [0.15, 0.2) is 4.34 Å². The average molecular weight is 291 g/mol. The van der Waals surface area contributed by atoms with Crippen molar-refractivity contribution in [2.24, 2.45) is 0 Å². The van der Waals surface area contributed by atoms with Crippen molar-refractivity contribution in [3.8, 4) is 0 Å². The molecule has 0 bridgehead atoms. The van der Waals surface area contributed by atoms with Gasteiger partial charge in [0.25, 0.3) is 0 Å². The van der Waals surface area contributed by atoms with E-state index in [0.717, 1.165) is 29.6 Å². The first-order valence-electron chi connectivity index (χ1n) is 4.79. The molecule has 2 N–H and O–H groups in total. The minimum Gasteiger partial charge on any atom is -0.384 e. The molecule has 18 heavy (non-hydrogen) atoms. The van der Waals surface area contributed by atoms with Gasteiger partial charge in [0, 0.05) is 11.1 Å². The molecule has 0 aliphatic carbocycles. The van der Waals surface area contributed by atoms with E-state index in [0.29, 0.717) is 4.34 Å². The van der Waals surface area contributed by atoms with E-state index in [1.807, 2.05) is 12.3 Å². The van der Waals surface area contributed by atoms with E-state index in [2.05, 4.69) is 9.97 Å². The fraction of sp³-hybridized carbons (Fsp3) is 0.200. The number of nitrogens with zero attached hydrogens (tertiary/aromatic N) is 2. The Morgan fingerprint density at radius 3 is 2.56 bits per heavy atom. The van der Waals surface area contributed by atoms with Crippen LogP contribution in [0.2, 0.25) is 0 Å². The predicted molar refractivity (Wildman–Crippen MR) is 64.6 cm³/mol. The molecule has 0 radical (unpaired) electrons. The zero-order valence-corrected chi connectivity index (χ0v) is 10.8.